The molecule has 0 saturated carbocycles. The van der Waals surface area contributed by atoms with Crippen molar-refractivity contribution >= 4 is 17.5 Å². The van der Waals surface area contributed by atoms with Gasteiger partial charge in [0, 0.05) is 45.0 Å². The summed E-state index contributed by atoms with van der Waals surface area (Å²) in [6.07, 6.45) is 7.16. The number of likely N-dealkylation sites (N-methyl/N-ethyl adjacent to an activating group) is 1. The van der Waals surface area contributed by atoms with Crippen LogP contribution in [-0.4, -0.2) is 73.0 Å². The Morgan fingerprint density at radius 1 is 1.18 bits per heavy atom. The molecular weight excluding hydrogens is 440 g/mol. The summed E-state index contributed by atoms with van der Waals surface area (Å²) in [6.45, 7) is 4.56. The van der Waals surface area contributed by atoms with Crippen molar-refractivity contribution in [2.45, 2.75) is 25.6 Å². The monoisotopic (exact) mass is 472 g/mol. The summed E-state index contributed by atoms with van der Waals surface area (Å²) in [7, 11) is 1.78. The van der Waals surface area contributed by atoms with Gasteiger partial charge in [-0.2, -0.15) is 0 Å². The molecule has 2 unspecified atom stereocenters. The van der Waals surface area contributed by atoms with Crippen LogP contribution in [0.2, 0.25) is 0 Å². The molecule has 0 bridgehead atoms. The second kappa shape index (κ2) is 12.0. The van der Waals surface area contributed by atoms with Crippen LogP contribution in [0.4, 0.5) is 0 Å². The summed E-state index contributed by atoms with van der Waals surface area (Å²) in [4.78, 5) is 14.5. The lowest BCUT2D eigenvalue weighted by Crippen LogP contribution is -2.33. The molecule has 2 aliphatic heterocycles. The zero-order valence-corrected chi connectivity index (χ0v) is 19.9. The van der Waals surface area contributed by atoms with Crippen molar-refractivity contribution in [2.75, 3.05) is 39.8 Å². The maximum absolute atomic E-state index is 12.8. The molecule has 0 aliphatic carbocycles. The van der Waals surface area contributed by atoms with Gasteiger partial charge in [0.05, 0.1) is 12.2 Å². The van der Waals surface area contributed by atoms with E-state index in [1.165, 1.54) is 0 Å². The highest BCUT2D eigenvalue weighted by molar-refractivity contribution is 6.29. The number of aliphatic hydroxyl groups is 2. The molecule has 0 saturated heterocycles. The van der Waals surface area contributed by atoms with Gasteiger partial charge in [0.15, 0.2) is 0 Å². The van der Waals surface area contributed by atoms with Crippen LogP contribution in [0.25, 0.3) is 0 Å². The molecule has 1 aromatic rings. The van der Waals surface area contributed by atoms with Gasteiger partial charge >= 0.3 is 0 Å². The Bertz CT molecular complexity index is 951. The van der Waals surface area contributed by atoms with Crippen molar-refractivity contribution in [1.29, 1.82) is 0 Å². The lowest BCUT2D eigenvalue weighted by Gasteiger charge is -2.22. The van der Waals surface area contributed by atoms with Gasteiger partial charge in [-0.3, -0.25) is 4.79 Å². The summed E-state index contributed by atoms with van der Waals surface area (Å²) >= 11 is 5.86. The molecular formula is C25H33ClN4O3. The van der Waals surface area contributed by atoms with E-state index < -0.39 is 12.2 Å². The van der Waals surface area contributed by atoms with E-state index in [4.69, 9.17) is 11.6 Å². The third kappa shape index (κ3) is 7.47. The van der Waals surface area contributed by atoms with E-state index in [0.29, 0.717) is 36.9 Å². The van der Waals surface area contributed by atoms with Crippen molar-refractivity contribution < 1.29 is 15.0 Å². The zero-order chi connectivity index (χ0) is 23.8. The number of hydrogen-bond donors (Lipinski definition) is 5. The average molecular weight is 473 g/mol. The fourth-order valence-electron chi connectivity index (χ4n) is 3.69. The van der Waals surface area contributed by atoms with E-state index in [1.807, 2.05) is 42.6 Å². The number of hydrogen-bond acceptors (Lipinski definition) is 6. The number of dihydropyridines is 2. The maximum Gasteiger partial charge on any atom is 0.253 e. The minimum atomic E-state index is -0.560. The lowest BCUT2D eigenvalue weighted by molar-refractivity contribution is 0.0807. The van der Waals surface area contributed by atoms with Gasteiger partial charge in [-0.15, -0.1) is 0 Å². The van der Waals surface area contributed by atoms with E-state index in [1.54, 1.807) is 24.9 Å². The number of amides is 1. The number of aliphatic hydroxyl groups excluding tert-OH is 2. The summed E-state index contributed by atoms with van der Waals surface area (Å²) in [5, 5.41) is 30.0. The van der Waals surface area contributed by atoms with Gasteiger partial charge < -0.3 is 31.1 Å². The van der Waals surface area contributed by atoms with Gasteiger partial charge in [0.25, 0.3) is 5.91 Å². The third-order valence-corrected chi connectivity index (χ3v) is 5.99. The van der Waals surface area contributed by atoms with Crippen molar-refractivity contribution in [1.82, 2.24) is 20.9 Å². The molecule has 2 atom stereocenters. The molecule has 0 fully saturated rings. The van der Waals surface area contributed by atoms with Crippen LogP contribution in [0.5, 0.6) is 0 Å². The van der Waals surface area contributed by atoms with E-state index in [-0.39, 0.29) is 5.91 Å². The number of carbonyl (C=O) groups excluding carboxylic acids is 1. The second-order valence-corrected chi connectivity index (χ2v) is 8.84. The molecule has 33 heavy (non-hydrogen) atoms. The van der Waals surface area contributed by atoms with Gasteiger partial charge in [-0.1, -0.05) is 35.9 Å². The molecule has 178 valence electrons. The Kier molecular flexibility index (Phi) is 9.14. The fourth-order valence-corrected chi connectivity index (χ4v) is 3.82. The van der Waals surface area contributed by atoms with E-state index in [2.05, 4.69) is 16.0 Å². The Hall–Kier alpha value is -2.58. The highest BCUT2D eigenvalue weighted by Gasteiger charge is 2.16. The van der Waals surface area contributed by atoms with E-state index in [9.17, 15) is 15.0 Å². The van der Waals surface area contributed by atoms with Crippen LogP contribution in [0.15, 0.2) is 70.6 Å². The number of halogens is 1. The quantitative estimate of drug-likeness (QED) is 0.262. The highest BCUT2D eigenvalue weighted by atomic mass is 35.5. The first kappa shape index (κ1) is 25.1. The van der Waals surface area contributed by atoms with Crippen molar-refractivity contribution in [3.8, 4) is 0 Å². The molecule has 0 spiro atoms. The predicted octanol–water partition coefficient (Wildman–Crippen LogP) is 1.66. The van der Waals surface area contributed by atoms with Crippen molar-refractivity contribution in [2.24, 2.45) is 0 Å². The standard InChI is InChI=1S/C25H33ClN4O3/c1-17(31)22-11-19(12-28-13-22)16-30(2)25(33)20-5-3-18(4-6-20)9-10-27-15-23(32)21-7-8-24(26)29-14-21/h3-8,11-12,17,23,27-29,31-32H,9-10,13-16H2,1-2H3. The zero-order valence-electron chi connectivity index (χ0n) is 19.1. The molecule has 5 N–H and O–H groups in total. The van der Waals surface area contributed by atoms with Gasteiger partial charge in [-0.05, 0) is 60.4 Å². The minimum Gasteiger partial charge on any atom is -0.389 e. The smallest absolute Gasteiger partial charge is 0.253 e. The molecule has 3 rings (SSSR count). The topological polar surface area (TPSA) is 96.9 Å². The minimum absolute atomic E-state index is 0.0511. The lowest BCUT2D eigenvalue weighted by atomic mass is 10.0. The highest BCUT2D eigenvalue weighted by Crippen LogP contribution is 2.14. The molecule has 7 nitrogen and oxygen atoms in total. The summed E-state index contributed by atoms with van der Waals surface area (Å²) in [6, 6.07) is 7.63. The number of nitrogens with zero attached hydrogens (tertiary/aromatic N) is 1. The molecule has 2 aliphatic rings. The Balaban J connectivity index is 1.43. The van der Waals surface area contributed by atoms with E-state index in [0.717, 1.165) is 35.2 Å². The molecule has 0 radical (unpaired) electrons. The number of rotatable bonds is 10. The van der Waals surface area contributed by atoms with E-state index >= 15 is 0 Å². The summed E-state index contributed by atoms with van der Waals surface area (Å²) in [5.74, 6) is -0.0511. The number of carbonyl (C=O) groups is 1. The van der Waals surface area contributed by atoms with Crippen LogP contribution in [0.3, 0.4) is 0 Å². The second-order valence-electron chi connectivity index (χ2n) is 8.43. The SMILES string of the molecule is CC(O)C1=CC(CN(C)C(=O)c2ccc(CCNCC(O)C3=CC=C(Cl)NC3)cc2)=CNC1. The number of allylic oxidation sites excluding steroid dienone is 2. The first-order valence-electron chi connectivity index (χ1n) is 11.2. The summed E-state index contributed by atoms with van der Waals surface area (Å²) < 4.78 is 0. The van der Waals surface area contributed by atoms with Crippen LogP contribution in [0, 0.1) is 0 Å². The van der Waals surface area contributed by atoms with Crippen molar-refractivity contribution in [3.05, 3.63) is 81.7 Å². The van der Waals surface area contributed by atoms with Crippen molar-refractivity contribution in [3.63, 3.8) is 0 Å². The molecule has 1 aromatic carbocycles. The Morgan fingerprint density at radius 2 is 1.94 bits per heavy atom. The molecule has 1 amide bonds. The van der Waals surface area contributed by atoms with Crippen LogP contribution in [0.1, 0.15) is 22.8 Å². The van der Waals surface area contributed by atoms with Gasteiger partial charge in [-0.25, -0.2) is 0 Å². The average Bonchev–Trinajstić information content (AvgIpc) is 2.82. The van der Waals surface area contributed by atoms with Crippen LogP contribution in [-0.2, 0) is 6.42 Å². The Morgan fingerprint density at radius 3 is 2.61 bits per heavy atom. The normalized spacial score (nSPS) is 17.5. The molecule has 8 heteroatoms. The predicted molar refractivity (Wildman–Crippen MR) is 132 cm³/mol. The van der Waals surface area contributed by atoms with Crippen LogP contribution < -0.4 is 16.0 Å². The first-order valence-corrected chi connectivity index (χ1v) is 11.6. The molecule has 2 heterocycles. The van der Waals surface area contributed by atoms with Crippen LogP contribution >= 0.6 is 11.6 Å². The molecule has 0 aromatic heterocycles. The fraction of sp³-hybridized carbons (Fsp3) is 0.400. The number of benzene rings is 1. The van der Waals surface area contributed by atoms with Gasteiger partial charge in [0.1, 0.15) is 5.16 Å². The Labute approximate surface area is 200 Å². The first-order chi connectivity index (χ1) is 15.8. The number of nitrogens with one attached hydrogen (secondary N) is 3. The summed E-state index contributed by atoms with van der Waals surface area (Å²) in [5.41, 5.74) is 4.52. The van der Waals surface area contributed by atoms with Gasteiger partial charge in [0.2, 0.25) is 0 Å². The third-order valence-electron chi connectivity index (χ3n) is 5.73. The maximum atomic E-state index is 12.8. The largest absolute Gasteiger partial charge is 0.389 e.